The van der Waals surface area contributed by atoms with Crippen molar-refractivity contribution in [3.05, 3.63) is 94.5 Å². The van der Waals surface area contributed by atoms with Crippen LogP contribution in [0.5, 0.6) is 5.75 Å². The zero-order valence-corrected chi connectivity index (χ0v) is 23.8. The van der Waals surface area contributed by atoms with Gasteiger partial charge in [-0.2, -0.15) is 0 Å². The summed E-state index contributed by atoms with van der Waals surface area (Å²) in [5.74, 6) is -0.0564. The van der Waals surface area contributed by atoms with Gasteiger partial charge in [-0.15, -0.1) is 11.3 Å². The van der Waals surface area contributed by atoms with Crippen molar-refractivity contribution in [1.29, 1.82) is 0 Å². The minimum Gasteiger partial charge on any atom is -0.489 e. The average Bonchev–Trinajstić information content (AvgIpc) is 3.65. The van der Waals surface area contributed by atoms with Gasteiger partial charge in [0.2, 0.25) is 9.84 Å². The van der Waals surface area contributed by atoms with E-state index in [0.717, 1.165) is 15.4 Å². The van der Waals surface area contributed by atoms with Gasteiger partial charge in [-0.05, 0) is 54.1 Å². The van der Waals surface area contributed by atoms with Crippen LogP contribution in [-0.2, 0) is 22.8 Å². The topological polar surface area (TPSA) is 143 Å². The van der Waals surface area contributed by atoms with E-state index < -0.39 is 21.8 Å². The van der Waals surface area contributed by atoms with Crippen molar-refractivity contribution in [3.8, 4) is 16.3 Å². The Kier molecular flexibility index (Phi) is 7.25. The van der Waals surface area contributed by atoms with E-state index in [2.05, 4.69) is 10.3 Å². The van der Waals surface area contributed by atoms with E-state index in [-0.39, 0.29) is 45.8 Å². The summed E-state index contributed by atoms with van der Waals surface area (Å²) >= 11 is 1.42. The molecule has 1 aromatic heterocycles. The molecule has 2 N–H and O–H groups in total. The first-order chi connectivity index (χ1) is 20.2. The van der Waals surface area contributed by atoms with Crippen molar-refractivity contribution < 1.29 is 32.6 Å². The average molecular weight is 604 g/mol. The molecule has 0 aliphatic carbocycles. The molecule has 3 aromatic carbocycles. The highest BCUT2D eigenvalue weighted by molar-refractivity contribution is 7.91. The summed E-state index contributed by atoms with van der Waals surface area (Å²) in [6.07, 6.45) is 1.10. The SMILES string of the molecule is O=C(NCc1cnc(-c2ccc(O[C@H]3CCN(C(=O)O)C3)cc2)s1)c1ccc2c(c1)CC(=O)c1ccccc1S2(=O)=O. The predicted octanol–water partition coefficient (Wildman–Crippen LogP) is 4.44. The molecule has 214 valence electrons. The summed E-state index contributed by atoms with van der Waals surface area (Å²) in [6.45, 7) is 1.02. The normalized spacial score (nSPS) is 17.2. The minimum atomic E-state index is -3.90. The monoisotopic (exact) mass is 603 g/mol. The molecule has 2 aliphatic rings. The highest BCUT2D eigenvalue weighted by Gasteiger charge is 2.31. The Morgan fingerprint density at radius 1 is 1.07 bits per heavy atom. The van der Waals surface area contributed by atoms with E-state index in [0.29, 0.717) is 30.8 Å². The van der Waals surface area contributed by atoms with Gasteiger partial charge in [-0.1, -0.05) is 18.2 Å². The number of hydrogen-bond acceptors (Lipinski definition) is 8. The van der Waals surface area contributed by atoms with Gasteiger partial charge in [-0.3, -0.25) is 9.59 Å². The van der Waals surface area contributed by atoms with Crippen LogP contribution in [0.2, 0.25) is 0 Å². The molecular weight excluding hydrogens is 578 g/mol. The van der Waals surface area contributed by atoms with Gasteiger partial charge >= 0.3 is 6.09 Å². The predicted molar refractivity (Wildman–Crippen MR) is 154 cm³/mol. The number of sulfone groups is 1. The van der Waals surface area contributed by atoms with Crippen molar-refractivity contribution in [2.24, 2.45) is 0 Å². The summed E-state index contributed by atoms with van der Waals surface area (Å²) in [4.78, 5) is 43.5. The molecule has 2 amide bonds. The second-order valence-electron chi connectivity index (χ2n) is 10.0. The zero-order chi connectivity index (χ0) is 29.4. The summed E-state index contributed by atoms with van der Waals surface area (Å²) in [5, 5.41) is 12.7. The number of fused-ring (bicyclic) bond motifs is 2. The summed E-state index contributed by atoms with van der Waals surface area (Å²) in [6, 6.07) is 17.9. The summed E-state index contributed by atoms with van der Waals surface area (Å²) in [5.41, 5.74) is 1.59. The van der Waals surface area contributed by atoms with Crippen LogP contribution >= 0.6 is 11.3 Å². The van der Waals surface area contributed by atoms with Gasteiger partial charge in [0.25, 0.3) is 5.91 Å². The molecule has 1 saturated heterocycles. The Bertz CT molecular complexity index is 1820. The lowest BCUT2D eigenvalue weighted by atomic mass is 10.0. The molecule has 0 spiro atoms. The fourth-order valence-electron chi connectivity index (χ4n) is 5.10. The van der Waals surface area contributed by atoms with Crippen molar-refractivity contribution >= 4 is 39.0 Å². The molecule has 3 heterocycles. The third-order valence-corrected chi connectivity index (χ3v) is 10.2. The second-order valence-corrected chi connectivity index (χ2v) is 13.0. The molecule has 0 radical (unpaired) electrons. The van der Waals surface area contributed by atoms with E-state index >= 15 is 0 Å². The largest absolute Gasteiger partial charge is 0.489 e. The third-order valence-electron chi connectivity index (χ3n) is 7.24. The number of ether oxygens (including phenoxy) is 1. The molecule has 6 rings (SSSR count). The van der Waals surface area contributed by atoms with Crippen LogP contribution in [0.1, 0.15) is 37.6 Å². The summed E-state index contributed by atoms with van der Waals surface area (Å²) < 4.78 is 32.3. The first-order valence-corrected chi connectivity index (χ1v) is 15.5. The lowest BCUT2D eigenvalue weighted by Gasteiger charge is -2.14. The maximum atomic E-state index is 13.2. The third kappa shape index (κ3) is 5.38. The van der Waals surface area contributed by atoms with Gasteiger partial charge in [0.05, 0.1) is 22.9 Å². The molecule has 0 bridgehead atoms. The highest BCUT2D eigenvalue weighted by atomic mass is 32.2. The maximum absolute atomic E-state index is 13.2. The van der Waals surface area contributed by atoms with E-state index in [4.69, 9.17) is 9.84 Å². The van der Waals surface area contributed by atoms with Gasteiger partial charge in [0, 0.05) is 47.2 Å². The number of hydrogen-bond donors (Lipinski definition) is 2. The number of nitrogens with one attached hydrogen (secondary N) is 1. The van der Waals surface area contributed by atoms with Crippen LogP contribution in [-0.4, -0.2) is 60.4 Å². The number of carboxylic acid groups (broad SMARTS) is 1. The van der Waals surface area contributed by atoms with Crippen LogP contribution in [0, 0.1) is 0 Å². The van der Waals surface area contributed by atoms with Crippen molar-refractivity contribution in [3.63, 3.8) is 0 Å². The molecule has 42 heavy (non-hydrogen) atoms. The number of aromatic nitrogens is 1. The Hall–Kier alpha value is -4.55. The van der Waals surface area contributed by atoms with E-state index in [1.807, 2.05) is 24.3 Å². The smallest absolute Gasteiger partial charge is 0.407 e. The van der Waals surface area contributed by atoms with Gasteiger partial charge in [0.15, 0.2) is 5.78 Å². The quantitative estimate of drug-likeness (QED) is 0.329. The van der Waals surface area contributed by atoms with Crippen LogP contribution in [0.3, 0.4) is 0 Å². The Labute approximate surface area is 245 Å². The van der Waals surface area contributed by atoms with Crippen LogP contribution < -0.4 is 10.1 Å². The fraction of sp³-hybridized carbons (Fsp3) is 0.200. The van der Waals surface area contributed by atoms with Crippen LogP contribution in [0.15, 0.2) is 82.7 Å². The number of nitrogens with zero attached hydrogens (tertiary/aromatic N) is 2. The lowest BCUT2D eigenvalue weighted by Crippen LogP contribution is -2.29. The number of likely N-dealkylation sites (tertiary alicyclic amines) is 1. The first kappa shape index (κ1) is 27.6. The number of ketones is 1. The molecule has 4 aromatic rings. The molecule has 1 atom stereocenters. The molecule has 0 saturated carbocycles. The molecule has 2 aliphatic heterocycles. The molecule has 1 fully saturated rings. The summed E-state index contributed by atoms with van der Waals surface area (Å²) in [7, 11) is -3.90. The van der Waals surface area contributed by atoms with E-state index in [1.165, 1.54) is 46.6 Å². The fourth-order valence-corrected chi connectivity index (χ4v) is 7.64. The van der Waals surface area contributed by atoms with E-state index in [1.54, 1.807) is 18.3 Å². The van der Waals surface area contributed by atoms with Gasteiger partial charge < -0.3 is 20.1 Å². The lowest BCUT2D eigenvalue weighted by molar-refractivity contribution is 0.0947. The number of carbonyl (C=O) groups is 3. The zero-order valence-electron chi connectivity index (χ0n) is 22.1. The second kappa shape index (κ2) is 11.0. The number of benzene rings is 3. The van der Waals surface area contributed by atoms with Crippen LogP contribution in [0.25, 0.3) is 10.6 Å². The Morgan fingerprint density at radius 3 is 2.62 bits per heavy atom. The number of Topliss-reactive ketones (excluding diaryl/α,β-unsaturated/α-hetero) is 1. The molecule has 12 heteroatoms. The first-order valence-electron chi connectivity index (χ1n) is 13.2. The van der Waals surface area contributed by atoms with Crippen molar-refractivity contribution in [2.45, 2.75) is 35.3 Å². The Balaban J connectivity index is 1.09. The Morgan fingerprint density at radius 2 is 1.86 bits per heavy atom. The minimum absolute atomic E-state index is 0.0185. The molecule has 10 nitrogen and oxygen atoms in total. The van der Waals surface area contributed by atoms with Crippen molar-refractivity contribution in [2.75, 3.05) is 13.1 Å². The van der Waals surface area contributed by atoms with Gasteiger partial charge in [0.1, 0.15) is 16.9 Å². The standard InChI is InChI=1S/C30H25N3O7S2/c34-25-14-20-13-19(7-10-26(20)42(38,39)27-4-2-1-3-24(25)27)28(35)31-15-23-16-32-29(41-23)18-5-8-21(9-6-18)40-22-11-12-33(17-22)30(36)37/h1-10,13,16,22H,11-12,14-15,17H2,(H,31,35)(H,36,37)/t22-/m0/s1. The van der Waals surface area contributed by atoms with E-state index in [9.17, 15) is 22.8 Å². The van der Waals surface area contributed by atoms with Crippen molar-refractivity contribution in [1.82, 2.24) is 15.2 Å². The van der Waals surface area contributed by atoms with Crippen LogP contribution in [0.4, 0.5) is 4.79 Å². The maximum Gasteiger partial charge on any atom is 0.407 e. The number of rotatable bonds is 6. The molecular formula is C30H25N3O7S2. The molecule has 0 unspecified atom stereocenters. The van der Waals surface area contributed by atoms with Gasteiger partial charge in [-0.25, -0.2) is 18.2 Å². The highest BCUT2D eigenvalue weighted by Crippen LogP contribution is 2.33. The number of carbonyl (C=O) groups excluding carboxylic acids is 2. The number of thiazole rings is 1. The number of amides is 2.